The minimum atomic E-state index is -4.50. The number of ether oxygens (including phenoxy) is 2. The molecular formula is C25H18F3NO4. The highest BCUT2D eigenvalue weighted by molar-refractivity contribution is 5.92. The molecule has 0 amide bonds. The molecule has 0 saturated heterocycles. The van der Waals surface area contributed by atoms with Crippen molar-refractivity contribution in [1.82, 2.24) is 4.98 Å². The van der Waals surface area contributed by atoms with Gasteiger partial charge >= 0.3 is 6.18 Å². The molecule has 5 rings (SSSR count). The first-order chi connectivity index (χ1) is 15.8. The molecule has 4 aromatic rings. The minimum Gasteiger partial charge on any atom is -0.508 e. The van der Waals surface area contributed by atoms with Gasteiger partial charge in [0.2, 0.25) is 0 Å². The van der Waals surface area contributed by atoms with Gasteiger partial charge in [-0.15, -0.1) is 0 Å². The summed E-state index contributed by atoms with van der Waals surface area (Å²) in [7, 11) is 0. The summed E-state index contributed by atoms with van der Waals surface area (Å²) in [5.41, 5.74) is 2.37. The highest BCUT2D eigenvalue weighted by Gasteiger charge is 2.35. The molecule has 0 bridgehead atoms. The fraction of sp³-hybridized carbons (Fsp3) is 0.160. The molecule has 1 aliphatic heterocycles. The van der Waals surface area contributed by atoms with Gasteiger partial charge in [0, 0.05) is 34.3 Å². The Hall–Kier alpha value is -3.78. The van der Waals surface area contributed by atoms with Crippen LogP contribution in [0.1, 0.15) is 22.8 Å². The van der Waals surface area contributed by atoms with E-state index in [1.165, 1.54) is 18.2 Å². The first-order valence-corrected chi connectivity index (χ1v) is 10.2. The van der Waals surface area contributed by atoms with Crippen LogP contribution in [0, 0.1) is 0 Å². The smallest absolute Gasteiger partial charge is 0.416 e. The molecule has 1 atom stereocenters. The second kappa shape index (κ2) is 7.97. The van der Waals surface area contributed by atoms with E-state index in [9.17, 15) is 18.3 Å². The summed E-state index contributed by atoms with van der Waals surface area (Å²) in [4.78, 5) is 4.42. The predicted molar refractivity (Wildman–Crippen MR) is 115 cm³/mol. The van der Waals surface area contributed by atoms with Crippen molar-refractivity contribution in [2.75, 3.05) is 13.2 Å². The Morgan fingerprint density at radius 2 is 1.76 bits per heavy atom. The number of phenolic OH excluding ortho intramolecular Hbond substituents is 1. The van der Waals surface area contributed by atoms with Crippen molar-refractivity contribution in [1.29, 1.82) is 0 Å². The molecule has 0 aliphatic carbocycles. The third-order valence-corrected chi connectivity index (χ3v) is 5.54. The molecule has 2 heterocycles. The largest absolute Gasteiger partial charge is 0.508 e. The van der Waals surface area contributed by atoms with Gasteiger partial charge in [-0.25, -0.2) is 0 Å². The molecule has 0 spiro atoms. The van der Waals surface area contributed by atoms with Gasteiger partial charge in [-0.05, 0) is 48.0 Å². The van der Waals surface area contributed by atoms with Crippen LogP contribution < -0.4 is 9.47 Å². The van der Waals surface area contributed by atoms with E-state index in [0.717, 1.165) is 23.1 Å². The fourth-order valence-electron chi connectivity index (χ4n) is 4.04. The Bertz CT molecular complexity index is 1340. The Labute approximate surface area is 186 Å². The van der Waals surface area contributed by atoms with Crippen LogP contribution in [0.15, 0.2) is 66.9 Å². The molecule has 5 nitrogen and oxygen atoms in total. The standard InChI is InChI=1S/C25H18F3NO4/c26-25(27,28)15-3-7-18-20-13-29-21-12-16(31)4-8-19(21)23(20)24(33-22(18)11-15)14-1-5-17(6-2-14)32-10-9-30/h1-8,11-13,24,30-31H,9-10H2. The van der Waals surface area contributed by atoms with Crippen molar-refractivity contribution in [3.63, 3.8) is 0 Å². The van der Waals surface area contributed by atoms with Crippen molar-refractivity contribution in [2.24, 2.45) is 0 Å². The summed E-state index contributed by atoms with van der Waals surface area (Å²) in [6.07, 6.45) is -3.62. The number of hydrogen-bond acceptors (Lipinski definition) is 5. The molecular weight excluding hydrogens is 435 g/mol. The summed E-state index contributed by atoms with van der Waals surface area (Å²) >= 11 is 0. The minimum absolute atomic E-state index is 0.0591. The summed E-state index contributed by atoms with van der Waals surface area (Å²) in [6.45, 7) is 0.0283. The first-order valence-electron chi connectivity index (χ1n) is 10.2. The van der Waals surface area contributed by atoms with E-state index < -0.39 is 17.8 Å². The summed E-state index contributed by atoms with van der Waals surface area (Å²) in [5.74, 6) is 0.722. The van der Waals surface area contributed by atoms with E-state index in [1.807, 2.05) is 0 Å². The van der Waals surface area contributed by atoms with Crippen LogP contribution in [-0.2, 0) is 6.18 Å². The van der Waals surface area contributed by atoms with Crippen LogP contribution in [-0.4, -0.2) is 28.4 Å². The summed E-state index contributed by atoms with van der Waals surface area (Å²) in [6, 6.07) is 15.2. The normalized spacial score (nSPS) is 15.0. The van der Waals surface area contributed by atoms with E-state index in [-0.39, 0.29) is 24.7 Å². The second-order valence-electron chi connectivity index (χ2n) is 7.63. The molecule has 1 aliphatic rings. The van der Waals surface area contributed by atoms with Gasteiger partial charge in [0.25, 0.3) is 0 Å². The first kappa shape index (κ1) is 21.1. The topological polar surface area (TPSA) is 71.8 Å². The van der Waals surface area contributed by atoms with Crippen molar-refractivity contribution in [3.8, 4) is 28.4 Å². The molecule has 1 unspecified atom stereocenters. The van der Waals surface area contributed by atoms with Crippen LogP contribution in [0.4, 0.5) is 13.2 Å². The van der Waals surface area contributed by atoms with Crippen molar-refractivity contribution in [3.05, 3.63) is 83.6 Å². The molecule has 8 heteroatoms. The molecule has 0 fully saturated rings. The quantitative estimate of drug-likeness (QED) is 0.428. The maximum absolute atomic E-state index is 13.3. The van der Waals surface area contributed by atoms with Crippen LogP contribution in [0.2, 0.25) is 0 Å². The van der Waals surface area contributed by atoms with Crippen molar-refractivity contribution >= 4 is 10.9 Å². The Morgan fingerprint density at radius 1 is 0.970 bits per heavy atom. The fourth-order valence-corrected chi connectivity index (χ4v) is 4.04. The van der Waals surface area contributed by atoms with Crippen molar-refractivity contribution in [2.45, 2.75) is 12.3 Å². The highest BCUT2D eigenvalue weighted by atomic mass is 19.4. The number of aromatic nitrogens is 1. The lowest BCUT2D eigenvalue weighted by Crippen LogP contribution is -2.17. The number of alkyl halides is 3. The van der Waals surface area contributed by atoms with E-state index in [1.54, 1.807) is 36.5 Å². The van der Waals surface area contributed by atoms with Gasteiger partial charge in [0.15, 0.2) is 6.10 Å². The number of hydrogen-bond donors (Lipinski definition) is 2. The Kier molecular flexibility index (Phi) is 5.09. The Morgan fingerprint density at radius 3 is 2.48 bits per heavy atom. The van der Waals surface area contributed by atoms with Gasteiger partial charge < -0.3 is 19.7 Å². The van der Waals surface area contributed by atoms with Gasteiger partial charge in [-0.1, -0.05) is 12.1 Å². The summed E-state index contributed by atoms with van der Waals surface area (Å²) in [5, 5.41) is 19.5. The number of rotatable bonds is 4. The zero-order chi connectivity index (χ0) is 23.2. The average Bonchev–Trinajstić information content (AvgIpc) is 2.81. The zero-order valence-corrected chi connectivity index (χ0v) is 17.1. The molecule has 1 aromatic heterocycles. The zero-order valence-electron chi connectivity index (χ0n) is 17.1. The molecule has 33 heavy (non-hydrogen) atoms. The predicted octanol–water partition coefficient (Wildman–Crippen LogP) is 5.48. The van der Waals surface area contributed by atoms with Gasteiger partial charge in [-0.3, -0.25) is 4.98 Å². The van der Waals surface area contributed by atoms with E-state index in [4.69, 9.17) is 14.6 Å². The Balaban J connectivity index is 1.69. The van der Waals surface area contributed by atoms with Crippen molar-refractivity contribution < 1.29 is 32.9 Å². The number of benzene rings is 3. The van der Waals surface area contributed by atoms with Gasteiger partial charge in [-0.2, -0.15) is 13.2 Å². The number of fused-ring (bicyclic) bond motifs is 5. The highest BCUT2D eigenvalue weighted by Crippen LogP contribution is 2.48. The number of nitrogens with zero attached hydrogens (tertiary/aromatic N) is 1. The number of phenols is 1. The van der Waals surface area contributed by atoms with Crippen LogP contribution in [0.5, 0.6) is 17.2 Å². The molecule has 0 saturated carbocycles. The van der Waals surface area contributed by atoms with E-state index in [0.29, 0.717) is 28.0 Å². The molecule has 0 radical (unpaired) electrons. The molecule has 168 valence electrons. The second-order valence-corrected chi connectivity index (χ2v) is 7.63. The number of aromatic hydroxyl groups is 1. The lowest BCUT2D eigenvalue weighted by Gasteiger charge is -2.30. The van der Waals surface area contributed by atoms with Gasteiger partial charge in [0.1, 0.15) is 23.9 Å². The third kappa shape index (κ3) is 3.82. The number of pyridine rings is 1. The number of aliphatic hydroxyl groups is 1. The molecule has 3 aromatic carbocycles. The average molecular weight is 453 g/mol. The maximum atomic E-state index is 13.3. The van der Waals surface area contributed by atoms with Gasteiger partial charge in [0.05, 0.1) is 17.7 Å². The molecule has 2 N–H and O–H groups in total. The maximum Gasteiger partial charge on any atom is 0.416 e. The lowest BCUT2D eigenvalue weighted by atomic mass is 9.87. The third-order valence-electron chi connectivity index (χ3n) is 5.54. The van der Waals surface area contributed by atoms with Crippen LogP contribution in [0.25, 0.3) is 22.0 Å². The number of aliphatic hydroxyl groups excluding tert-OH is 1. The number of halogens is 3. The monoisotopic (exact) mass is 453 g/mol. The lowest BCUT2D eigenvalue weighted by molar-refractivity contribution is -0.137. The van der Waals surface area contributed by atoms with Crippen LogP contribution in [0.3, 0.4) is 0 Å². The summed E-state index contributed by atoms with van der Waals surface area (Å²) < 4.78 is 51.6. The van der Waals surface area contributed by atoms with Crippen LogP contribution >= 0.6 is 0 Å². The van der Waals surface area contributed by atoms with E-state index in [2.05, 4.69) is 4.98 Å². The SMILES string of the molecule is OCCOc1ccc(C2Oc3cc(C(F)(F)F)ccc3-c3cnc4cc(O)ccc4c32)cc1. The van der Waals surface area contributed by atoms with E-state index >= 15 is 0 Å².